The van der Waals surface area contributed by atoms with Crippen LogP contribution in [0.3, 0.4) is 0 Å². The zero-order chi connectivity index (χ0) is 37.6. The van der Waals surface area contributed by atoms with Crippen molar-refractivity contribution in [1.82, 2.24) is 30.0 Å². The van der Waals surface area contributed by atoms with Crippen LogP contribution in [0.25, 0.3) is 21.7 Å². The third kappa shape index (κ3) is 7.17. The van der Waals surface area contributed by atoms with Gasteiger partial charge in [0.2, 0.25) is 5.91 Å². The largest absolute Gasteiger partial charge is 0.433 e. The molecule has 2 aliphatic heterocycles. The Hall–Kier alpha value is -5.64. The molecular weight excluding hydrogens is 706 g/mol. The number of anilines is 3. The summed E-state index contributed by atoms with van der Waals surface area (Å²) < 4.78 is 56.1. The van der Waals surface area contributed by atoms with Crippen molar-refractivity contribution in [2.24, 2.45) is 5.92 Å². The molecule has 16 heteroatoms. The van der Waals surface area contributed by atoms with Gasteiger partial charge in [-0.1, -0.05) is 18.2 Å². The number of amides is 4. The Bertz CT molecular complexity index is 2240. The number of piperazine rings is 1. The molecule has 4 amide bonds. The maximum Gasteiger partial charge on any atom is 0.433 e. The van der Waals surface area contributed by atoms with Crippen molar-refractivity contribution in [3.8, 4) is 0 Å². The molecule has 0 spiro atoms. The highest BCUT2D eigenvalue weighted by molar-refractivity contribution is 6.11. The van der Waals surface area contributed by atoms with Crippen molar-refractivity contribution < 1.29 is 31.9 Å². The third-order valence-corrected chi connectivity index (χ3v) is 10.7. The van der Waals surface area contributed by atoms with Gasteiger partial charge >= 0.3 is 12.2 Å². The summed E-state index contributed by atoms with van der Waals surface area (Å²) >= 11 is 0. The highest BCUT2D eigenvalue weighted by Crippen LogP contribution is 2.36. The second kappa shape index (κ2) is 14.3. The number of urea groups is 1. The number of rotatable bonds is 7. The smallest absolute Gasteiger partial charge is 0.368 e. The fraction of sp³-hybridized carbons (Fsp3) is 0.368. The Morgan fingerprint density at radius 2 is 1.69 bits per heavy atom. The van der Waals surface area contributed by atoms with E-state index in [-0.39, 0.29) is 24.1 Å². The summed E-state index contributed by atoms with van der Waals surface area (Å²) in [4.78, 5) is 51.2. The van der Waals surface area contributed by atoms with E-state index in [1.54, 1.807) is 11.1 Å². The molecule has 54 heavy (non-hydrogen) atoms. The van der Waals surface area contributed by atoms with E-state index in [1.807, 2.05) is 29.2 Å². The quantitative estimate of drug-likeness (QED) is 0.184. The predicted octanol–water partition coefficient (Wildman–Crippen LogP) is 6.39. The first kappa shape index (κ1) is 35.4. The van der Waals surface area contributed by atoms with Crippen LogP contribution in [-0.4, -0.2) is 81.8 Å². The highest BCUT2D eigenvalue weighted by Gasteiger charge is 2.33. The standard InChI is InChI=1S/C38H37F4N9O3/c39-28-18-30-24(17-31(28)45-36(53)29-4-2-6-34(44-29)38(40,41)42)22-51(47-30)25-9-7-23(8-10-25)21-48-13-15-49(16-14-48)32-5-1-3-26-27(32)19-43-20-33(26)50-12-11-35(52)46-37(50)54/h1-6,17-20,22-23,25H,7-16,21H2,(H,45,53)(H,46,52,54). The van der Waals surface area contributed by atoms with Gasteiger partial charge < -0.3 is 10.2 Å². The first-order valence-electron chi connectivity index (χ1n) is 18.0. The number of carbonyl (C=O) groups excluding carboxylic acids is 3. The maximum absolute atomic E-state index is 15.0. The molecule has 280 valence electrons. The maximum atomic E-state index is 15.0. The number of benzene rings is 2. The Morgan fingerprint density at radius 3 is 2.44 bits per heavy atom. The number of alkyl halides is 3. The van der Waals surface area contributed by atoms with Crippen LogP contribution in [0.5, 0.6) is 0 Å². The van der Waals surface area contributed by atoms with Crippen LogP contribution in [0, 0.1) is 11.7 Å². The molecule has 3 fully saturated rings. The molecule has 1 aliphatic carbocycles. The van der Waals surface area contributed by atoms with E-state index in [0.717, 1.165) is 93.1 Å². The van der Waals surface area contributed by atoms with E-state index in [0.29, 0.717) is 29.1 Å². The zero-order valence-electron chi connectivity index (χ0n) is 29.2. The normalized spacial score (nSPS) is 20.1. The number of hydrogen-bond donors (Lipinski definition) is 2. The van der Waals surface area contributed by atoms with Gasteiger partial charge in [-0.3, -0.25) is 34.4 Å². The Balaban J connectivity index is 0.857. The molecule has 0 atom stereocenters. The van der Waals surface area contributed by atoms with Gasteiger partial charge in [-0.2, -0.15) is 18.3 Å². The number of halogens is 4. The third-order valence-electron chi connectivity index (χ3n) is 10.7. The van der Waals surface area contributed by atoms with E-state index in [1.165, 1.54) is 12.1 Å². The Kier molecular flexibility index (Phi) is 9.37. The van der Waals surface area contributed by atoms with Gasteiger partial charge in [0.25, 0.3) is 5.91 Å². The summed E-state index contributed by atoms with van der Waals surface area (Å²) in [7, 11) is 0. The topological polar surface area (TPSA) is 129 Å². The van der Waals surface area contributed by atoms with E-state index < -0.39 is 35.3 Å². The van der Waals surface area contributed by atoms with Gasteiger partial charge in [0.05, 0.1) is 29.1 Å². The molecule has 3 aliphatic rings. The zero-order valence-corrected chi connectivity index (χ0v) is 29.2. The number of hydrogen-bond acceptors (Lipinski definition) is 8. The summed E-state index contributed by atoms with van der Waals surface area (Å²) in [6.45, 7) is 4.85. The van der Waals surface area contributed by atoms with Crippen LogP contribution in [0.2, 0.25) is 0 Å². The lowest BCUT2D eigenvalue weighted by Crippen LogP contribution is -2.49. The molecule has 1 saturated carbocycles. The van der Waals surface area contributed by atoms with Crippen molar-refractivity contribution in [3.63, 3.8) is 0 Å². The van der Waals surface area contributed by atoms with E-state index in [9.17, 15) is 31.9 Å². The molecule has 12 nitrogen and oxygen atoms in total. The number of carbonyl (C=O) groups is 3. The average Bonchev–Trinajstić information content (AvgIpc) is 3.57. The fourth-order valence-corrected chi connectivity index (χ4v) is 7.83. The predicted molar refractivity (Wildman–Crippen MR) is 194 cm³/mol. The molecular formula is C38H37F4N9O3. The minimum Gasteiger partial charge on any atom is -0.368 e. The van der Waals surface area contributed by atoms with E-state index in [2.05, 4.69) is 41.6 Å². The Labute approximate surface area is 307 Å². The molecule has 0 bridgehead atoms. The molecule has 3 aromatic heterocycles. The second-order valence-corrected chi connectivity index (χ2v) is 14.1. The van der Waals surface area contributed by atoms with Gasteiger partial charge in [-0.15, -0.1) is 0 Å². The molecule has 2 aromatic carbocycles. The average molecular weight is 744 g/mol. The molecule has 5 aromatic rings. The van der Waals surface area contributed by atoms with Crippen LogP contribution in [0.4, 0.5) is 39.4 Å². The SMILES string of the molecule is O=C1CCN(c2cncc3c(N4CCN(CC5CCC(n6cc7cc(NC(=O)c8cccc(C(F)(F)F)n8)c(F)cc7n6)CC5)CC4)cccc23)C(=O)N1. The van der Waals surface area contributed by atoms with Crippen LogP contribution in [0.15, 0.2) is 67.1 Å². The lowest BCUT2D eigenvalue weighted by atomic mass is 9.85. The molecule has 0 unspecified atom stereocenters. The van der Waals surface area contributed by atoms with E-state index in [4.69, 9.17) is 0 Å². The fourth-order valence-electron chi connectivity index (χ4n) is 7.83. The summed E-state index contributed by atoms with van der Waals surface area (Å²) in [6, 6.07) is 11.4. The van der Waals surface area contributed by atoms with Gasteiger partial charge in [0.15, 0.2) is 0 Å². The minimum absolute atomic E-state index is 0.141. The molecule has 0 radical (unpaired) electrons. The van der Waals surface area contributed by atoms with Crippen LogP contribution in [-0.2, 0) is 11.0 Å². The van der Waals surface area contributed by atoms with Gasteiger partial charge in [0.1, 0.15) is 17.2 Å². The molecule has 2 N–H and O–H groups in total. The molecule has 5 heterocycles. The van der Waals surface area contributed by atoms with Crippen molar-refractivity contribution in [1.29, 1.82) is 0 Å². The van der Waals surface area contributed by atoms with Gasteiger partial charge in [-0.25, -0.2) is 14.2 Å². The number of pyridine rings is 2. The van der Waals surface area contributed by atoms with Gasteiger partial charge in [0, 0.05) is 86.0 Å². The Morgan fingerprint density at radius 1 is 0.907 bits per heavy atom. The van der Waals surface area contributed by atoms with Crippen molar-refractivity contribution in [2.45, 2.75) is 44.3 Å². The van der Waals surface area contributed by atoms with Gasteiger partial charge in [-0.05, 0) is 55.9 Å². The second-order valence-electron chi connectivity index (χ2n) is 14.1. The number of nitrogens with one attached hydrogen (secondary N) is 2. The highest BCUT2D eigenvalue weighted by atomic mass is 19.4. The van der Waals surface area contributed by atoms with E-state index >= 15 is 0 Å². The van der Waals surface area contributed by atoms with Crippen LogP contribution >= 0.6 is 0 Å². The number of nitrogens with zero attached hydrogens (tertiary/aromatic N) is 7. The number of imide groups is 1. The van der Waals surface area contributed by atoms with Crippen LogP contribution < -0.4 is 20.4 Å². The first-order valence-corrected chi connectivity index (χ1v) is 18.0. The van der Waals surface area contributed by atoms with Crippen molar-refractivity contribution in [3.05, 3.63) is 84.3 Å². The first-order chi connectivity index (χ1) is 26.0. The summed E-state index contributed by atoms with van der Waals surface area (Å²) in [5.41, 5.74) is 0.345. The number of fused-ring (bicyclic) bond motifs is 2. The minimum atomic E-state index is -4.71. The summed E-state index contributed by atoms with van der Waals surface area (Å²) in [6.07, 6.45) is 4.75. The van der Waals surface area contributed by atoms with Crippen LogP contribution in [0.1, 0.15) is 54.3 Å². The number of aromatic nitrogens is 4. The lowest BCUT2D eigenvalue weighted by molar-refractivity contribution is -0.141. The molecule has 8 rings (SSSR count). The summed E-state index contributed by atoms with van der Waals surface area (Å²) in [5.74, 6) is -1.43. The summed E-state index contributed by atoms with van der Waals surface area (Å²) in [5, 5.41) is 11.9. The monoisotopic (exact) mass is 743 g/mol. The molecule has 2 saturated heterocycles. The van der Waals surface area contributed by atoms with Crippen molar-refractivity contribution in [2.75, 3.05) is 54.4 Å². The van der Waals surface area contributed by atoms with Crippen molar-refractivity contribution >= 4 is 56.6 Å². The lowest BCUT2D eigenvalue weighted by Gasteiger charge is -2.39.